The largest absolute Gasteiger partial charge is 0.389 e. The Labute approximate surface area is 102 Å². The maximum absolute atomic E-state index is 13.6. The molecule has 0 bridgehead atoms. The summed E-state index contributed by atoms with van der Waals surface area (Å²) in [5, 5.41) is 12.5. The zero-order chi connectivity index (χ0) is 13.2. The monoisotopic (exact) mass is 237 g/mol. The van der Waals surface area contributed by atoms with Crippen LogP contribution < -0.4 is 22.0 Å². The molecular weight excluding hydrogens is 220 g/mol. The maximum Gasteiger partial charge on any atom is 0.121 e. The van der Waals surface area contributed by atoms with Gasteiger partial charge in [0.25, 0.3) is 0 Å². The van der Waals surface area contributed by atoms with E-state index in [1.165, 1.54) is 0 Å². The summed E-state index contributed by atoms with van der Waals surface area (Å²) in [6.45, 7) is 5.10. The van der Waals surface area contributed by atoms with Crippen molar-refractivity contribution in [3.63, 3.8) is 0 Å². The summed E-state index contributed by atoms with van der Waals surface area (Å²) < 4.78 is 13.6. The number of hydrogen-bond acceptors (Lipinski definition) is 4. The minimum absolute atomic E-state index is 0.0119. The third kappa shape index (κ3) is 3.34. The lowest BCUT2D eigenvalue weighted by Gasteiger charge is -2.22. The molecular formula is C11H17BFN3O. The van der Waals surface area contributed by atoms with E-state index in [0.717, 1.165) is 0 Å². The van der Waals surface area contributed by atoms with Crippen LogP contribution in [0.5, 0.6) is 0 Å². The molecule has 0 aliphatic heterocycles. The van der Waals surface area contributed by atoms with E-state index >= 15 is 0 Å². The third-order valence-corrected chi connectivity index (χ3v) is 2.34. The zero-order valence-electron chi connectivity index (χ0n) is 10.3. The van der Waals surface area contributed by atoms with Gasteiger partial charge in [-0.15, -0.1) is 0 Å². The highest BCUT2D eigenvalue weighted by Crippen LogP contribution is 2.22. The molecule has 0 aromatic heterocycles. The van der Waals surface area contributed by atoms with Crippen molar-refractivity contribution < 1.29 is 9.50 Å². The number of nitrogens with two attached hydrogens (primary N) is 1. The standard InChI is InChI=1S/C11H17BFN3O/c1-6-4-7(16-14)10(8(12)9(6)13)15-5-11(2,3)17/h4,15-17H,5,14H2,1-3H3. The lowest BCUT2D eigenvalue weighted by Crippen LogP contribution is -2.32. The summed E-state index contributed by atoms with van der Waals surface area (Å²) in [5.74, 6) is 4.86. The Morgan fingerprint density at radius 1 is 1.53 bits per heavy atom. The molecule has 1 rings (SSSR count). The van der Waals surface area contributed by atoms with Gasteiger partial charge in [-0.2, -0.15) is 0 Å². The molecule has 0 unspecified atom stereocenters. The topological polar surface area (TPSA) is 70.3 Å². The van der Waals surface area contributed by atoms with Crippen LogP contribution in [-0.2, 0) is 0 Å². The Kier molecular flexibility index (Phi) is 4.01. The molecule has 0 spiro atoms. The normalized spacial score (nSPS) is 11.4. The van der Waals surface area contributed by atoms with Gasteiger partial charge in [-0.3, -0.25) is 5.84 Å². The van der Waals surface area contributed by atoms with Crippen LogP contribution in [0.4, 0.5) is 15.8 Å². The molecule has 0 aliphatic carbocycles. The van der Waals surface area contributed by atoms with E-state index in [9.17, 15) is 9.50 Å². The van der Waals surface area contributed by atoms with E-state index < -0.39 is 11.4 Å². The maximum atomic E-state index is 13.6. The van der Waals surface area contributed by atoms with Crippen molar-refractivity contribution in [2.45, 2.75) is 26.4 Å². The van der Waals surface area contributed by atoms with Crippen molar-refractivity contribution >= 4 is 24.7 Å². The van der Waals surface area contributed by atoms with Crippen LogP contribution in [0.1, 0.15) is 19.4 Å². The molecule has 1 aromatic rings. The van der Waals surface area contributed by atoms with Crippen molar-refractivity contribution in [2.75, 3.05) is 17.3 Å². The van der Waals surface area contributed by atoms with E-state index in [2.05, 4.69) is 10.7 Å². The summed E-state index contributed by atoms with van der Waals surface area (Å²) in [5.41, 5.74) is 2.76. The van der Waals surface area contributed by atoms with Crippen LogP contribution in [-0.4, -0.2) is 25.1 Å². The Morgan fingerprint density at radius 2 is 2.12 bits per heavy atom. The fourth-order valence-electron chi connectivity index (χ4n) is 1.43. The van der Waals surface area contributed by atoms with E-state index in [0.29, 0.717) is 16.9 Å². The smallest absolute Gasteiger partial charge is 0.121 e. The average molecular weight is 237 g/mol. The van der Waals surface area contributed by atoms with E-state index in [4.69, 9.17) is 13.7 Å². The summed E-state index contributed by atoms with van der Waals surface area (Å²) in [6.07, 6.45) is 0. The van der Waals surface area contributed by atoms with Crippen LogP contribution in [0.15, 0.2) is 6.07 Å². The molecule has 6 heteroatoms. The highest BCUT2D eigenvalue weighted by molar-refractivity contribution is 6.37. The highest BCUT2D eigenvalue weighted by atomic mass is 19.1. The number of aliphatic hydroxyl groups is 1. The predicted molar refractivity (Wildman–Crippen MR) is 69.1 cm³/mol. The molecule has 5 N–H and O–H groups in total. The molecule has 2 radical (unpaired) electrons. The first-order valence-corrected chi connectivity index (χ1v) is 5.27. The Balaban J connectivity index is 3.09. The van der Waals surface area contributed by atoms with Crippen LogP contribution in [0.25, 0.3) is 0 Å². The van der Waals surface area contributed by atoms with E-state index in [1.807, 2.05) is 0 Å². The van der Waals surface area contributed by atoms with Gasteiger partial charge < -0.3 is 15.8 Å². The van der Waals surface area contributed by atoms with Gasteiger partial charge in [0.05, 0.1) is 17.0 Å². The number of aryl methyl sites for hydroxylation is 1. The van der Waals surface area contributed by atoms with Crippen LogP contribution >= 0.6 is 0 Å². The Morgan fingerprint density at radius 3 is 2.59 bits per heavy atom. The number of benzene rings is 1. The van der Waals surface area contributed by atoms with Crippen LogP contribution in [0, 0.1) is 12.7 Å². The zero-order valence-corrected chi connectivity index (χ0v) is 10.3. The van der Waals surface area contributed by atoms with Gasteiger partial charge in [0.1, 0.15) is 13.7 Å². The predicted octanol–water partition coefficient (Wildman–Crippen LogP) is 0.396. The first-order chi connectivity index (χ1) is 7.76. The van der Waals surface area contributed by atoms with E-state index in [1.54, 1.807) is 26.8 Å². The van der Waals surface area contributed by atoms with Crippen LogP contribution in [0.3, 0.4) is 0 Å². The number of nitrogen functional groups attached to an aromatic ring is 1. The quantitative estimate of drug-likeness (QED) is 0.347. The summed E-state index contributed by atoms with van der Waals surface area (Å²) in [6, 6.07) is 1.55. The van der Waals surface area contributed by atoms with Crippen molar-refractivity contribution in [2.24, 2.45) is 5.84 Å². The fraction of sp³-hybridized carbons (Fsp3) is 0.455. The van der Waals surface area contributed by atoms with Crippen molar-refractivity contribution in [1.82, 2.24) is 0 Å². The van der Waals surface area contributed by atoms with Crippen molar-refractivity contribution in [3.8, 4) is 0 Å². The van der Waals surface area contributed by atoms with Crippen molar-refractivity contribution in [1.29, 1.82) is 0 Å². The molecule has 0 saturated carbocycles. The highest BCUT2D eigenvalue weighted by Gasteiger charge is 2.16. The van der Waals surface area contributed by atoms with Gasteiger partial charge in [0.2, 0.25) is 0 Å². The summed E-state index contributed by atoms with van der Waals surface area (Å²) in [4.78, 5) is 0. The Hall–Kier alpha value is -1.27. The van der Waals surface area contributed by atoms with Gasteiger partial charge in [0, 0.05) is 6.54 Å². The SMILES string of the molecule is [B]c1c(F)c(C)cc(NN)c1NCC(C)(C)O. The third-order valence-electron chi connectivity index (χ3n) is 2.34. The summed E-state index contributed by atoms with van der Waals surface area (Å²) in [7, 11) is 5.67. The first-order valence-electron chi connectivity index (χ1n) is 5.27. The lowest BCUT2D eigenvalue weighted by atomic mass is 9.90. The molecule has 17 heavy (non-hydrogen) atoms. The molecule has 0 heterocycles. The van der Waals surface area contributed by atoms with E-state index in [-0.39, 0.29) is 12.0 Å². The molecule has 0 atom stereocenters. The average Bonchev–Trinajstić information content (AvgIpc) is 2.22. The van der Waals surface area contributed by atoms with Crippen LogP contribution in [0.2, 0.25) is 0 Å². The second-order valence-electron chi connectivity index (χ2n) is 4.65. The number of rotatable bonds is 4. The minimum Gasteiger partial charge on any atom is -0.389 e. The van der Waals surface area contributed by atoms with Gasteiger partial charge in [-0.25, -0.2) is 4.39 Å². The van der Waals surface area contributed by atoms with Crippen molar-refractivity contribution in [3.05, 3.63) is 17.4 Å². The molecule has 0 fully saturated rings. The molecule has 4 nitrogen and oxygen atoms in total. The molecule has 0 amide bonds. The number of hydrazine groups is 1. The second-order valence-corrected chi connectivity index (χ2v) is 4.65. The van der Waals surface area contributed by atoms with Gasteiger partial charge in [0.15, 0.2) is 0 Å². The molecule has 1 aromatic carbocycles. The molecule has 0 aliphatic rings. The number of halogens is 1. The number of anilines is 2. The number of hydrogen-bond donors (Lipinski definition) is 4. The van der Waals surface area contributed by atoms with Gasteiger partial charge >= 0.3 is 0 Å². The minimum atomic E-state index is -0.931. The first kappa shape index (κ1) is 13.8. The lowest BCUT2D eigenvalue weighted by molar-refractivity contribution is 0.0945. The molecule has 92 valence electrons. The molecule has 0 saturated heterocycles. The second kappa shape index (κ2) is 4.93. The number of nitrogens with one attached hydrogen (secondary N) is 2. The summed E-state index contributed by atoms with van der Waals surface area (Å²) >= 11 is 0. The van der Waals surface area contributed by atoms with Gasteiger partial charge in [-0.05, 0) is 37.9 Å². The van der Waals surface area contributed by atoms with Gasteiger partial charge in [-0.1, -0.05) is 0 Å². The fourth-order valence-corrected chi connectivity index (χ4v) is 1.43. The Bertz CT molecular complexity index is 418.